The maximum Gasteiger partial charge on any atom is 0.237 e. The molecule has 0 fully saturated rings. The first-order valence-electron chi connectivity index (χ1n) is 5.74. The molecule has 0 aliphatic heterocycles. The number of hydrogen-bond acceptors (Lipinski definition) is 4. The molecule has 0 saturated carbocycles. The first kappa shape index (κ1) is 16.3. The summed E-state index contributed by atoms with van der Waals surface area (Å²) in [7, 11) is 3.53. The van der Waals surface area contributed by atoms with E-state index < -0.39 is 0 Å². The monoisotopic (exact) mass is 261 g/mol. The molecule has 6 heteroatoms. The van der Waals surface area contributed by atoms with Gasteiger partial charge in [-0.1, -0.05) is 12.2 Å². The Morgan fingerprint density at radius 2 is 2.24 bits per heavy atom. The van der Waals surface area contributed by atoms with Gasteiger partial charge in [0.25, 0.3) is 0 Å². The number of hydrogen-bond donors (Lipinski definition) is 2. The maximum atomic E-state index is 11.7. The Morgan fingerprint density at radius 1 is 1.59 bits per heavy atom. The molecule has 100 valence electrons. The molecule has 0 spiro atoms. The van der Waals surface area contributed by atoms with Crippen LogP contribution in [-0.4, -0.2) is 55.7 Å². The van der Waals surface area contributed by atoms with E-state index in [0.717, 1.165) is 6.42 Å². The normalized spacial score (nSPS) is 12.5. The van der Waals surface area contributed by atoms with E-state index in [1.54, 1.807) is 7.11 Å². The van der Waals surface area contributed by atoms with Crippen molar-refractivity contribution in [3.63, 3.8) is 0 Å². The van der Waals surface area contributed by atoms with Crippen LogP contribution in [0.25, 0.3) is 0 Å². The van der Waals surface area contributed by atoms with Crippen LogP contribution in [0.3, 0.4) is 0 Å². The Bertz CT molecular complexity index is 249. The molecule has 0 bridgehead atoms. The SMILES string of the molecule is COCCCNC(=O)C(C)N(C)CCC(N)=S. The van der Waals surface area contributed by atoms with E-state index in [2.05, 4.69) is 5.32 Å². The molecule has 1 atom stereocenters. The molecular weight excluding hydrogens is 238 g/mol. The number of amides is 1. The van der Waals surface area contributed by atoms with Gasteiger partial charge in [0.05, 0.1) is 11.0 Å². The average Bonchev–Trinajstić information content (AvgIpc) is 2.30. The van der Waals surface area contributed by atoms with Gasteiger partial charge in [-0.15, -0.1) is 0 Å². The Balaban J connectivity index is 3.82. The van der Waals surface area contributed by atoms with Gasteiger partial charge in [0.1, 0.15) is 0 Å². The van der Waals surface area contributed by atoms with Gasteiger partial charge in [0, 0.05) is 33.2 Å². The van der Waals surface area contributed by atoms with Crippen LogP contribution in [0.15, 0.2) is 0 Å². The van der Waals surface area contributed by atoms with Crippen LogP contribution in [0.4, 0.5) is 0 Å². The zero-order chi connectivity index (χ0) is 13.3. The second-order valence-corrected chi connectivity index (χ2v) is 4.53. The number of nitrogens with two attached hydrogens (primary N) is 1. The van der Waals surface area contributed by atoms with Gasteiger partial charge in [-0.2, -0.15) is 0 Å². The number of thiocarbonyl (C=S) groups is 1. The molecule has 0 aromatic carbocycles. The van der Waals surface area contributed by atoms with Crippen molar-refractivity contribution in [2.24, 2.45) is 5.73 Å². The van der Waals surface area contributed by atoms with Crippen LogP contribution in [0.2, 0.25) is 0 Å². The molecule has 0 aromatic rings. The van der Waals surface area contributed by atoms with E-state index in [1.807, 2.05) is 18.9 Å². The first-order valence-corrected chi connectivity index (χ1v) is 6.15. The highest BCUT2D eigenvalue weighted by Gasteiger charge is 2.16. The molecule has 0 radical (unpaired) electrons. The fourth-order valence-corrected chi connectivity index (χ4v) is 1.35. The standard InChI is InChI=1S/C11H23N3O2S/c1-9(14(2)7-5-10(12)17)11(15)13-6-4-8-16-3/h9H,4-8H2,1-3H3,(H2,12,17)(H,13,15). The number of nitrogens with one attached hydrogen (secondary N) is 1. The molecule has 0 aliphatic carbocycles. The number of rotatable bonds is 9. The molecule has 0 aromatic heterocycles. The van der Waals surface area contributed by atoms with Crippen molar-refractivity contribution in [1.82, 2.24) is 10.2 Å². The molecule has 0 saturated heterocycles. The molecule has 1 unspecified atom stereocenters. The molecular formula is C11H23N3O2S. The van der Waals surface area contributed by atoms with E-state index in [4.69, 9.17) is 22.7 Å². The predicted molar refractivity (Wildman–Crippen MR) is 73.0 cm³/mol. The van der Waals surface area contributed by atoms with Crippen LogP contribution in [0, 0.1) is 0 Å². The minimum absolute atomic E-state index is 0.0199. The highest BCUT2D eigenvalue weighted by atomic mass is 32.1. The summed E-state index contributed by atoms with van der Waals surface area (Å²) in [5.74, 6) is 0.0199. The lowest BCUT2D eigenvalue weighted by molar-refractivity contribution is -0.125. The number of methoxy groups -OCH3 is 1. The van der Waals surface area contributed by atoms with Gasteiger partial charge < -0.3 is 15.8 Å². The lowest BCUT2D eigenvalue weighted by atomic mass is 10.2. The number of carbonyl (C=O) groups is 1. The Morgan fingerprint density at radius 3 is 2.76 bits per heavy atom. The van der Waals surface area contributed by atoms with E-state index in [1.165, 1.54) is 0 Å². The summed E-state index contributed by atoms with van der Waals surface area (Å²) in [5.41, 5.74) is 5.42. The maximum absolute atomic E-state index is 11.7. The topological polar surface area (TPSA) is 67.6 Å². The van der Waals surface area contributed by atoms with Crippen LogP contribution < -0.4 is 11.1 Å². The highest BCUT2D eigenvalue weighted by Crippen LogP contribution is 1.97. The van der Waals surface area contributed by atoms with Gasteiger partial charge in [-0.3, -0.25) is 9.69 Å². The first-order chi connectivity index (χ1) is 7.99. The second kappa shape index (κ2) is 9.32. The van der Waals surface area contributed by atoms with E-state index in [-0.39, 0.29) is 11.9 Å². The molecule has 0 heterocycles. The molecule has 3 N–H and O–H groups in total. The minimum Gasteiger partial charge on any atom is -0.393 e. The number of likely N-dealkylation sites (N-methyl/N-ethyl adjacent to an activating group) is 1. The summed E-state index contributed by atoms with van der Waals surface area (Å²) in [5, 5.41) is 2.86. The number of ether oxygens (including phenoxy) is 1. The summed E-state index contributed by atoms with van der Waals surface area (Å²) >= 11 is 4.80. The van der Waals surface area contributed by atoms with Crippen LogP contribution in [0.1, 0.15) is 19.8 Å². The van der Waals surface area contributed by atoms with Crippen molar-refractivity contribution in [2.75, 3.05) is 33.9 Å². The van der Waals surface area contributed by atoms with Crippen LogP contribution in [-0.2, 0) is 9.53 Å². The number of carbonyl (C=O) groups excluding carboxylic acids is 1. The Kier molecular flexibility index (Phi) is 8.93. The Hall–Kier alpha value is -0.720. The molecule has 0 rings (SSSR count). The number of nitrogens with zero attached hydrogens (tertiary/aromatic N) is 1. The molecule has 17 heavy (non-hydrogen) atoms. The van der Waals surface area contributed by atoms with Crippen LogP contribution >= 0.6 is 12.2 Å². The van der Waals surface area contributed by atoms with Crippen molar-refractivity contribution in [3.8, 4) is 0 Å². The molecule has 0 aliphatic rings. The molecule has 1 amide bonds. The third kappa shape index (κ3) is 8.06. The Labute approximate surface area is 109 Å². The third-order valence-electron chi connectivity index (χ3n) is 2.58. The van der Waals surface area contributed by atoms with Gasteiger partial charge in [0.2, 0.25) is 5.91 Å². The zero-order valence-electron chi connectivity index (χ0n) is 10.9. The average molecular weight is 261 g/mol. The third-order valence-corrected chi connectivity index (χ3v) is 2.78. The van der Waals surface area contributed by atoms with Gasteiger partial charge in [-0.05, 0) is 20.4 Å². The van der Waals surface area contributed by atoms with Gasteiger partial charge >= 0.3 is 0 Å². The van der Waals surface area contributed by atoms with E-state index in [0.29, 0.717) is 31.1 Å². The lowest BCUT2D eigenvalue weighted by Crippen LogP contribution is -2.44. The second-order valence-electron chi connectivity index (χ2n) is 4.01. The summed E-state index contributed by atoms with van der Waals surface area (Å²) in [6.45, 7) is 3.86. The fourth-order valence-electron chi connectivity index (χ4n) is 1.26. The zero-order valence-corrected chi connectivity index (χ0v) is 11.7. The fraction of sp³-hybridized carbons (Fsp3) is 0.818. The molecule has 5 nitrogen and oxygen atoms in total. The summed E-state index contributed by atoms with van der Waals surface area (Å²) in [6, 6.07) is -0.174. The van der Waals surface area contributed by atoms with Crippen LogP contribution in [0.5, 0.6) is 0 Å². The summed E-state index contributed by atoms with van der Waals surface area (Å²) in [6.07, 6.45) is 1.46. The smallest absolute Gasteiger partial charge is 0.237 e. The van der Waals surface area contributed by atoms with Crippen molar-refractivity contribution in [3.05, 3.63) is 0 Å². The van der Waals surface area contributed by atoms with Crippen molar-refractivity contribution in [2.45, 2.75) is 25.8 Å². The minimum atomic E-state index is -0.174. The van der Waals surface area contributed by atoms with E-state index >= 15 is 0 Å². The summed E-state index contributed by atoms with van der Waals surface area (Å²) in [4.78, 5) is 14.1. The quantitative estimate of drug-likeness (QED) is 0.456. The lowest BCUT2D eigenvalue weighted by Gasteiger charge is -2.23. The summed E-state index contributed by atoms with van der Waals surface area (Å²) < 4.78 is 4.91. The van der Waals surface area contributed by atoms with E-state index in [9.17, 15) is 4.79 Å². The van der Waals surface area contributed by atoms with Crippen molar-refractivity contribution in [1.29, 1.82) is 0 Å². The highest BCUT2D eigenvalue weighted by molar-refractivity contribution is 7.80. The largest absolute Gasteiger partial charge is 0.393 e. The van der Waals surface area contributed by atoms with Gasteiger partial charge in [-0.25, -0.2) is 0 Å². The van der Waals surface area contributed by atoms with Crippen molar-refractivity contribution >= 4 is 23.1 Å². The van der Waals surface area contributed by atoms with Gasteiger partial charge in [0.15, 0.2) is 0 Å². The predicted octanol–water partition coefficient (Wildman–Crippen LogP) is 0.136. The van der Waals surface area contributed by atoms with Crippen molar-refractivity contribution < 1.29 is 9.53 Å².